The van der Waals surface area contributed by atoms with Gasteiger partial charge in [-0.05, 0) is 43.3 Å². The zero-order valence-electron chi connectivity index (χ0n) is 12.9. The Balaban J connectivity index is 1.96. The Hall–Kier alpha value is -3.53. The van der Waals surface area contributed by atoms with E-state index in [0.717, 1.165) is 4.90 Å². The van der Waals surface area contributed by atoms with Gasteiger partial charge in [-0.25, -0.2) is 9.59 Å². The van der Waals surface area contributed by atoms with E-state index in [1.807, 2.05) is 0 Å². The van der Waals surface area contributed by atoms with Crippen molar-refractivity contribution in [1.82, 2.24) is 5.48 Å². The van der Waals surface area contributed by atoms with E-state index in [1.54, 1.807) is 43.4 Å². The number of ether oxygens (including phenoxy) is 1. The summed E-state index contributed by atoms with van der Waals surface area (Å²) in [6.45, 7) is 2.01. The number of para-hydroxylation sites is 1. The molecule has 2 amide bonds. The number of anilines is 1. The number of esters is 1. The monoisotopic (exact) mass is 325 g/mol. The Kier molecular flexibility index (Phi) is 5.75. The maximum Gasteiger partial charge on any atom is 0.368 e. The van der Waals surface area contributed by atoms with Gasteiger partial charge < -0.3 is 9.57 Å². The van der Waals surface area contributed by atoms with Crippen LogP contribution in [0.3, 0.4) is 0 Å². The number of nitriles is 1. The number of amides is 2. The Morgan fingerprint density at radius 3 is 2.38 bits per heavy atom. The standard InChI is InChI=1S/C17H15N3O4/c1-2-23-16(21)13-8-10-15(11-9-13)24-19-17(22)20(12-18)14-6-4-3-5-7-14/h3-11H,2H2,1H3,(H,19,22). The lowest BCUT2D eigenvalue weighted by Gasteiger charge is -2.14. The van der Waals surface area contributed by atoms with Gasteiger partial charge in [0.05, 0.1) is 17.9 Å². The molecule has 0 saturated carbocycles. The second-order valence-corrected chi connectivity index (χ2v) is 4.53. The molecule has 0 aromatic heterocycles. The zero-order valence-corrected chi connectivity index (χ0v) is 12.9. The molecular formula is C17H15N3O4. The summed E-state index contributed by atoms with van der Waals surface area (Å²) in [6, 6.07) is 13.7. The van der Waals surface area contributed by atoms with Crippen LogP contribution in [-0.4, -0.2) is 18.6 Å². The summed E-state index contributed by atoms with van der Waals surface area (Å²) < 4.78 is 4.87. The molecule has 2 rings (SSSR count). The van der Waals surface area contributed by atoms with Crippen molar-refractivity contribution < 1.29 is 19.2 Å². The minimum absolute atomic E-state index is 0.288. The van der Waals surface area contributed by atoms with Crippen LogP contribution in [0.25, 0.3) is 0 Å². The second kappa shape index (κ2) is 8.19. The molecular weight excluding hydrogens is 310 g/mol. The molecule has 0 heterocycles. The smallest absolute Gasteiger partial charge is 0.368 e. The van der Waals surface area contributed by atoms with Gasteiger partial charge in [0, 0.05) is 0 Å². The summed E-state index contributed by atoms with van der Waals surface area (Å²) >= 11 is 0. The zero-order chi connectivity index (χ0) is 17.4. The first-order valence-corrected chi connectivity index (χ1v) is 7.14. The minimum Gasteiger partial charge on any atom is -0.462 e. The second-order valence-electron chi connectivity index (χ2n) is 4.53. The van der Waals surface area contributed by atoms with Crippen LogP contribution in [0, 0.1) is 11.5 Å². The van der Waals surface area contributed by atoms with Gasteiger partial charge in [-0.3, -0.25) is 0 Å². The van der Waals surface area contributed by atoms with Gasteiger partial charge in [0.2, 0.25) is 0 Å². The number of benzene rings is 2. The molecule has 122 valence electrons. The molecule has 0 fully saturated rings. The molecule has 0 aliphatic rings. The number of hydroxylamine groups is 1. The number of rotatable bonds is 5. The van der Waals surface area contributed by atoms with Gasteiger partial charge >= 0.3 is 12.0 Å². The van der Waals surface area contributed by atoms with E-state index in [1.165, 1.54) is 24.3 Å². The largest absolute Gasteiger partial charge is 0.462 e. The van der Waals surface area contributed by atoms with E-state index in [2.05, 4.69) is 5.48 Å². The average Bonchev–Trinajstić information content (AvgIpc) is 2.62. The molecule has 1 N–H and O–H groups in total. The Bertz CT molecular complexity index is 739. The summed E-state index contributed by atoms with van der Waals surface area (Å²) in [4.78, 5) is 29.5. The van der Waals surface area contributed by atoms with E-state index in [-0.39, 0.29) is 6.61 Å². The SMILES string of the molecule is CCOC(=O)c1ccc(ONC(=O)N(C#N)c2ccccc2)cc1. The predicted octanol–water partition coefficient (Wildman–Crippen LogP) is 2.85. The summed E-state index contributed by atoms with van der Waals surface area (Å²) in [5, 5.41) is 9.10. The number of nitrogens with zero attached hydrogens (tertiary/aromatic N) is 2. The van der Waals surface area contributed by atoms with E-state index in [9.17, 15) is 9.59 Å². The fraction of sp³-hybridized carbons (Fsp3) is 0.118. The number of carbonyl (C=O) groups excluding carboxylic acids is 2. The third-order valence-corrected chi connectivity index (χ3v) is 2.94. The van der Waals surface area contributed by atoms with Crippen molar-refractivity contribution in [3.8, 4) is 11.9 Å². The van der Waals surface area contributed by atoms with Crippen LogP contribution < -0.4 is 15.2 Å². The van der Waals surface area contributed by atoms with Gasteiger partial charge in [-0.1, -0.05) is 18.2 Å². The van der Waals surface area contributed by atoms with Crippen LogP contribution >= 0.6 is 0 Å². The highest BCUT2D eigenvalue weighted by molar-refractivity contribution is 5.94. The predicted molar refractivity (Wildman–Crippen MR) is 86.1 cm³/mol. The minimum atomic E-state index is -0.738. The fourth-order valence-corrected chi connectivity index (χ4v) is 1.82. The molecule has 0 aliphatic carbocycles. The Morgan fingerprint density at radius 1 is 1.12 bits per heavy atom. The first-order valence-electron chi connectivity index (χ1n) is 7.14. The molecule has 0 aliphatic heterocycles. The van der Waals surface area contributed by atoms with Crippen LogP contribution in [0.4, 0.5) is 10.5 Å². The summed E-state index contributed by atoms with van der Waals surface area (Å²) in [5.41, 5.74) is 2.96. The summed E-state index contributed by atoms with van der Waals surface area (Å²) in [6.07, 6.45) is 1.77. The molecule has 7 heteroatoms. The molecule has 2 aromatic rings. The van der Waals surface area contributed by atoms with E-state index in [0.29, 0.717) is 17.0 Å². The first-order chi connectivity index (χ1) is 11.7. The maximum absolute atomic E-state index is 12.0. The normalized spacial score (nSPS) is 9.50. The van der Waals surface area contributed by atoms with E-state index in [4.69, 9.17) is 14.8 Å². The Morgan fingerprint density at radius 2 is 1.79 bits per heavy atom. The number of urea groups is 1. The summed E-state index contributed by atoms with van der Waals surface area (Å²) in [7, 11) is 0. The number of hydrogen-bond donors (Lipinski definition) is 1. The lowest BCUT2D eigenvalue weighted by atomic mass is 10.2. The van der Waals surface area contributed by atoms with Crippen molar-refractivity contribution in [2.45, 2.75) is 6.92 Å². The third kappa shape index (κ3) is 4.24. The van der Waals surface area contributed by atoms with Gasteiger partial charge in [0.15, 0.2) is 11.9 Å². The van der Waals surface area contributed by atoms with Crippen LogP contribution in [0.15, 0.2) is 54.6 Å². The average molecular weight is 325 g/mol. The highest BCUT2D eigenvalue weighted by Gasteiger charge is 2.15. The number of carbonyl (C=O) groups is 2. The van der Waals surface area contributed by atoms with Crippen molar-refractivity contribution in [3.05, 3.63) is 60.2 Å². The van der Waals surface area contributed by atoms with Gasteiger partial charge in [0.1, 0.15) is 0 Å². The quantitative estimate of drug-likeness (QED) is 0.395. The number of hydrogen-bond acceptors (Lipinski definition) is 5. The molecule has 0 bridgehead atoms. The summed E-state index contributed by atoms with van der Waals surface area (Å²) in [5.74, 6) is -0.129. The van der Waals surface area contributed by atoms with Gasteiger partial charge in [-0.15, -0.1) is 0 Å². The van der Waals surface area contributed by atoms with Crippen molar-refractivity contribution in [2.75, 3.05) is 11.5 Å². The molecule has 0 unspecified atom stereocenters. The lowest BCUT2D eigenvalue weighted by Crippen LogP contribution is -2.38. The van der Waals surface area contributed by atoms with Crippen LogP contribution in [0.5, 0.6) is 5.75 Å². The lowest BCUT2D eigenvalue weighted by molar-refractivity contribution is 0.0526. The molecule has 24 heavy (non-hydrogen) atoms. The van der Waals surface area contributed by atoms with Gasteiger partial charge in [0.25, 0.3) is 0 Å². The van der Waals surface area contributed by atoms with Crippen molar-refractivity contribution in [2.24, 2.45) is 0 Å². The number of nitrogens with one attached hydrogen (secondary N) is 1. The molecule has 0 saturated heterocycles. The van der Waals surface area contributed by atoms with Crippen molar-refractivity contribution in [1.29, 1.82) is 5.26 Å². The fourth-order valence-electron chi connectivity index (χ4n) is 1.82. The maximum atomic E-state index is 12.0. The topological polar surface area (TPSA) is 91.7 Å². The van der Waals surface area contributed by atoms with Crippen LogP contribution in [0.1, 0.15) is 17.3 Å². The highest BCUT2D eigenvalue weighted by atomic mass is 16.7. The highest BCUT2D eigenvalue weighted by Crippen LogP contribution is 2.14. The molecule has 0 atom stereocenters. The van der Waals surface area contributed by atoms with Crippen molar-refractivity contribution in [3.63, 3.8) is 0 Å². The first kappa shape index (κ1) is 16.8. The molecule has 2 aromatic carbocycles. The van der Waals surface area contributed by atoms with Crippen LogP contribution in [-0.2, 0) is 4.74 Å². The van der Waals surface area contributed by atoms with Crippen LogP contribution in [0.2, 0.25) is 0 Å². The molecule has 0 radical (unpaired) electrons. The van der Waals surface area contributed by atoms with E-state index < -0.39 is 12.0 Å². The van der Waals surface area contributed by atoms with Gasteiger partial charge in [-0.2, -0.15) is 15.6 Å². The van der Waals surface area contributed by atoms with E-state index >= 15 is 0 Å². The molecule has 0 spiro atoms. The Labute approximate surface area is 139 Å². The van der Waals surface area contributed by atoms with Crippen molar-refractivity contribution >= 4 is 17.7 Å². The third-order valence-electron chi connectivity index (χ3n) is 2.94. The molecule has 7 nitrogen and oxygen atoms in total.